The average Bonchev–Trinajstić information content (AvgIpc) is 3.07. The molecule has 0 aliphatic carbocycles. The number of piperidine rings is 1. The van der Waals surface area contributed by atoms with Crippen molar-refractivity contribution in [3.05, 3.63) is 30.1 Å². The van der Waals surface area contributed by atoms with E-state index in [9.17, 15) is 9.18 Å². The first-order valence-corrected chi connectivity index (χ1v) is 8.75. The van der Waals surface area contributed by atoms with Crippen LogP contribution in [0.25, 0.3) is 0 Å². The van der Waals surface area contributed by atoms with Crippen LogP contribution in [-0.2, 0) is 0 Å². The second-order valence-corrected chi connectivity index (χ2v) is 6.99. The van der Waals surface area contributed by atoms with Gasteiger partial charge in [-0.1, -0.05) is 12.1 Å². The summed E-state index contributed by atoms with van der Waals surface area (Å²) in [6.07, 6.45) is 3.39. The number of hydrogen-bond donors (Lipinski definition) is 1. The Morgan fingerprint density at radius 3 is 2.62 bits per heavy atom. The van der Waals surface area contributed by atoms with Gasteiger partial charge < -0.3 is 15.1 Å². The Hall–Kier alpha value is -1.66. The molecule has 6 heteroatoms. The van der Waals surface area contributed by atoms with E-state index in [0.717, 1.165) is 32.6 Å². The summed E-state index contributed by atoms with van der Waals surface area (Å²) in [5.74, 6) is -0.404. The molecule has 0 bridgehead atoms. The number of rotatable bonds is 3. The zero-order valence-electron chi connectivity index (χ0n) is 14.5. The minimum atomic E-state index is -0.404. The summed E-state index contributed by atoms with van der Waals surface area (Å²) in [6.45, 7) is 4.25. The van der Waals surface area contributed by atoms with Gasteiger partial charge in [-0.2, -0.15) is 0 Å². The summed E-state index contributed by atoms with van der Waals surface area (Å²) in [5.41, 5.74) is 0.236. The van der Waals surface area contributed by atoms with Crippen molar-refractivity contribution in [1.29, 1.82) is 0 Å². The number of amides is 2. The molecule has 5 nitrogen and oxygen atoms in total. The van der Waals surface area contributed by atoms with E-state index in [2.05, 4.69) is 22.2 Å². The number of likely N-dealkylation sites (tertiary alicyclic amines) is 2. The Labute approximate surface area is 143 Å². The lowest BCUT2D eigenvalue weighted by Crippen LogP contribution is -2.45. The van der Waals surface area contributed by atoms with Gasteiger partial charge in [-0.3, -0.25) is 4.90 Å². The zero-order valence-corrected chi connectivity index (χ0v) is 14.5. The van der Waals surface area contributed by atoms with Gasteiger partial charge in [-0.15, -0.1) is 0 Å². The number of nitrogens with zero attached hydrogens (tertiary/aromatic N) is 3. The molecule has 2 amide bonds. The van der Waals surface area contributed by atoms with Crippen molar-refractivity contribution in [3.63, 3.8) is 0 Å². The third-order valence-electron chi connectivity index (χ3n) is 5.38. The Morgan fingerprint density at radius 2 is 1.92 bits per heavy atom. The van der Waals surface area contributed by atoms with Gasteiger partial charge in [0.25, 0.3) is 0 Å². The van der Waals surface area contributed by atoms with Crippen LogP contribution in [0.15, 0.2) is 24.3 Å². The number of carbonyl (C=O) groups is 1. The number of para-hydroxylation sites is 1. The van der Waals surface area contributed by atoms with Crippen molar-refractivity contribution >= 4 is 11.7 Å². The van der Waals surface area contributed by atoms with Crippen molar-refractivity contribution in [2.75, 3.05) is 45.6 Å². The van der Waals surface area contributed by atoms with Crippen molar-refractivity contribution in [1.82, 2.24) is 14.7 Å². The predicted molar refractivity (Wildman–Crippen MR) is 93.7 cm³/mol. The Kier molecular flexibility index (Phi) is 5.36. The number of halogens is 1. The van der Waals surface area contributed by atoms with Crippen LogP contribution in [0.2, 0.25) is 0 Å². The normalized spacial score (nSPS) is 23.4. The topological polar surface area (TPSA) is 38.8 Å². The lowest BCUT2D eigenvalue weighted by molar-refractivity contribution is 0.135. The number of nitrogens with one attached hydrogen (secondary N) is 1. The first-order valence-electron chi connectivity index (χ1n) is 8.75. The van der Waals surface area contributed by atoms with Gasteiger partial charge in [0.2, 0.25) is 0 Å². The van der Waals surface area contributed by atoms with Crippen molar-refractivity contribution < 1.29 is 9.18 Å². The van der Waals surface area contributed by atoms with Gasteiger partial charge in [-0.05, 0) is 51.5 Å². The van der Waals surface area contributed by atoms with Gasteiger partial charge >= 0.3 is 6.03 Å². The van der Waals surface area contributed by atoms with Gasteiger partial charge in [-0.25, -0.2) is 9.18 Å². The van der Waals surface area contributed by atoms with Crippen LogP contribution in [0.1, 0.15) is 19.3 Å². The van der Waals surface area contributed by atoms with Crippen LogP contribution in [0.4, 0.5) is 14.9 Å². The minimum absolute atomic E-state index is 0.191. The molecule has 0 saturated carbocycles. The number of carbonyl (C=O) groups excluding carboxylic acids is 1. The molecule has 24 heavy (non-hydrogen) atoms. The third kappa shape index (κ3) is 3.87. The number of hydrogen-bond acceptors (Lipinski definition) is 3. The van der Waals surface area contributed by atoms with Crippen LogP contribution in [0, 0.1) is 5.82 Å². The highest BCUT2D eigenvalue weighted by Gasteiger charge is 2.33. The third-order valence-corrected chi connectivity index (χ3v) is 5.38. The van der Waals surface area contributed by atoms with Crippen molar-refractivity contribution in [2.24, 2.45) is 0 Å². The van der Waals surface area contributed by atoms with Crippen LogP contribution < -0.4 is 5.32 Å². The summed E-state index contributed by atoms with van der Waals surface area (Å²) >= 11 is 0. The van der Waals surface area contributed by atoms with E-state index < -0.39 is 5.82 Å². The molecule has 2 aliphatic heterocycles. The molecule has 0 radical (unpaired) electrons. The van der Waals surface area contributed by atoms with Crippen molar-refractivity contribution in [2.45, 2.75) is 31.3 Å². The zero-order chi connectivity index (χ0) is 17.1. The van der Waals surface area contributed by atoms with E-state index in [0.29, 0.717) is 6.04 Å². The average molecular weight is 334 g/mol. The molecule has 2 fully saturated rings. The molecule has 0 spiro atoms. The Bertz CT molecular complexity index is 574. The SMILES string of the molecule is CN1CCC(N2CC[C@H](N(C)C(=O)Nc3ccccc3F)C2)CC1. The molecule has 3 rings (SSSR count). The molecular weight excluding hydrogens is 307 g/mol. The van der Waals surface area contributed by atoms with Gasteiger partial charge in [0.05, 0.1) is 5.69 Å². The lowest BCUT2D eigenvalue weighted by atomic mass is 10.0. The second kappa shape index (κ2) is 7.49. The summed E-state index contributed by atoms with van der Waals surface area (Å²) in [7, 11) is 3.98. The van der Waals surface area contributed by atoms with E-state index >= 15 is 0 Å². The maximum absolute atomic E-state index is 13.7. The van der Waals surface area contributed by atoms with Crippen LogP contribution in [0.5, 0.6) is 0 Å². The van der Waals surface area contributed by atoms with Crippen LogP contribution in [-0.4, -0.2) is 73.1 Å². The largest absolute Gasteiger partial charge is 0.323 e. The highest BCUT2D eigenvalue weighted by Crippen LogP contribution is 2.23. The quantitative estimate of drug-likeness (QED) is 0.923. The maximum Gasteiger partial charge on any atom is 0.321 e. The number of likely N-dealkylation sites (N-methyl/N-ethyl adjacent to an activating group) is 1. The van der Waals surface area contributed by atoms with E-state index in [-0.39, 0.29) is 17.8 Å². The number of urea groups is 1. The molecule has 2 heterocycles. The second-order valence-electron chi connectivity index (χ2n) is 6.99. The summed E-state index contributed by atoms with van der Waals surface area (Å²) in [4.78, 5) is 19.0. The van der Waals surface area contributed by atoms with Gasteiger partial charge in [0.1, 0.15) is 5.82 Å². The molecule has 2 saturated heterocycles. The standard InChI is InChI=1S/C18H27FN4O/c1-21-10-7-14(8-11-21)23-12-9-15(13-23)22(2)18(24)20-17-6-4-3-5-16(17)19/h3-6,14-15H,7-13H2,1-2H3,(H,20,24)/t15-/m0/s1. The molecule has 1 aromatic carbocycles. The summed E-state index contributed by atoms with van der Waals surface area (Å²) in [5, 5.41) is 2.67. The highest BCUT2D eigenvalue weighted by atomic mass is 19.1. The molecular formula is C18H27FN4O. The lowest BCUT2D eigenvalue weighted by Gasteiger charge is -2.35. The fourth-order valence-electron chi connectivity index (χ4n) is 3.71. The highest BCUT2D eigenvalue weighted by molar-refractivity contribution is 5.89. The fraction of sp³-hybridized carbons (Fsp3) is 0.611. The molecule has 1 atom stereocenters. The molecule has 2 aliphatic rings. The van der Waals surface area contributed by atoms with E-state index in [1.165, 1.54) is 18.9 Å². The summed E-state index contributed by atoms with van der Waals surface area (Å²) in [6, 6.07) is 6.86. The predicted octanol–water partition coefficient (Wildman–Crippen LogP) is 2.46. The number of anilines is 1. The minimum Gasteiger partial charge on any atom is -0.323 e. The van der Waals surface area contributed by atoms with E-state index in [1.807, 2.05) is 0 Å². The Morgan fingerprint density at radius 1 is 1.21 bits per heavy atom. The maximum atomic E-state index is 13.7. The van der Waals surface area contributed by atoms with E-state index in [1.54, 1.807) is 30.1 Å². The van der Waals surface area contributed by atoms with Crippen molar-refractivity contribution in [3.8, 4) is 0 Å². The Balaban J connectivity index is 1.53. The summed E-state index contributed by atoms with van der Waals surface area (Å²) < 4.78 is 13.7. The monoisotopic (exact) mass is 334 g/mol. The van der Waals surface area contributed by atoms with Crippen LogP contribution in [0.3, 0.4) is 0 Å². The first-order chi connectivity index (χ1) is 11.5. The van der Waals surface area contributed by atoms with Gasteiger partial charge in [0, 0.05) is 32.2 Å². The molecule has 0 unspecified atom stereocenters. The molecule has 132 valence electrons. The molecule has 1 aromatic rings. The first kappa shape index (κ1) is 17.2. The van der Waals surface area contributed by atoms with Crippen LogP contribution >= 0.6 is 0 Å². The molecule has 1 N–H and O–H groups in total. The molecule has 0 aromatic heterocycles. The van der Waals surface area contributed by atoms with E-state index in [4.69, 9.17) is 0 Å². The number of benzene rings is 1. The fourth-order valence-corrected chi connectivity index (χ4v) is 3.71. The smallest absolute Gasteiger partial charge is 0.321 e. The van der Waals surface area contributed by atoms with Gasteiger partial charge in [0.15, 0.2) is 0 Å².